The van der Waals surface area contributed by atoms with Crippen LogP contribution in [0.1, 0.15) is 0 Å². The maximum atomic E-state index is 10.5. The molecule has 10 rings (SSSR count). The molecule has 0 radical (unpaired) electrons. The fourth-order valence-electron chi connectivity index (χ4n) is 7.03. The second-order valence-corrected chi connectivity index (χ2v) is 12.7. The highest BCUT2D eigenvalue weighted by molar-refractivity contribution is 6.09. The summed E-state index contributed by atoms with van der Waals surface area (Å²) in [4.78, 5) is 25.4. The molecule has 6 aromatic carbocycles. The standard InChI is InChI=1S/C45H28N6O/c52-40-20-9-6-17-35(40)37-26-24-29-22-21-28-23-25-36(46-41(28)42(29)47-37)31-13-10-14-32(27-31)44-48-43(30-11-2-1-3-12-30)49-45(50-44)51-38-18-7-4-15-33(38)34-16-5-8-19-39(34)51/h1-27,52H. The Morgan fingerprint density at radius 1 is 0.404 bits per heavy atom. The smallest absolute Gasteiger partial charge is 0.238 e. The third-order valence-corrected chi connectivity index (χ3v) is 9.55. The van der Waals surface area contributed by atoms with Crippen LogP contribution < -0.4 is 0 Å². The number of nitrogens with zero attached hydrogens (tertiary/aromatic N) is 6. The zero-order valence-electron chi connectivity index (χ0n) is 27.7. The lowest BCUT2D eigenvalue weighted by molar-refractivity contribution is 0.477. The van der Waals surface area contributed by atoms with Gasteiger partial charge in [-0.1, -0.05) is 121 Å². The Kier molecular flexibility index (Phi) is 6.82. The number of hydrogen-bond acceptors (Lipinski definition) is 6. The Balaban J connectivity index is 1.13. The lowest BCUT2D eigenvalue weighted by Gasteiger charge is -2.12. The molecule has 0 bridgehead atoms. The number of phenols is 1. The zero-order valence-corrected chi connectivity index (χ0v) is 27.7. The Morgan fingerprint density at radius 3 is 1.65 bits per heavy atom. The monoisotopic (exact) mass is 668 g/mol. The normalized spacial score (nSPS) is 11.5. The molecule has 0 unspecified atom stereocenters. The summed E-state index contributed by atoms with van der Waals surface area (Å²) in [7, 11) is 0. The van der Waals surface area contributed by atoms with E-state index in [0.29, 0.717) is 28.9 Å². The van der Waals surface area contributed by atoms with Crippen LogP contribution in [0.4, 0.5) is 0 Å². The van der Waals surface area contributed by atoms with Crippen molar-refractivity contribution in [3.05, 3.63) is 164 Å². The van der Waals surface area contributed by atoms with Crippen molar-refractivity contribution in [2.24, 2.45) is 0 Å². The van der Waals surface area contributed by atoms with Gasteiger partial charge in [-0.2, -0.15) is 9.97 Å². The Morgan fingerprint density at radius 2 is 0.942 bits per heavy atom. The largest absolute Gasteiger partial charge is 0.507 e. The molecule has 7 heteroatoms. The van der Waals surface area contributed by atoms with Crippen molar-refractivity contribution in [3.63, 3.8) is 0 Å². The van der Waals surface area contributed by atoms with Crippen LogP contribution in [-0.2, 0) is 0 Å². The molecule has 52 heavy (non-hydrogen) atoms. The first-order valence-corrected chi connectivity index (χ1v) is 17.1. The molecule has 0 amide bonds. The van der Waals surface area contributed by atoms with Crippen molar-refractivity contribution in [3.8, 4) is 57.0 Å². The lowest BCUT2D eigenvalue weighted by atomic mass is 10.0. The summed E-state index contributed by atoms with van der Waals surface area (Å²) < 4.78 is 2.12. The number of para-hydroxylation sites is 3. The van der Waals surface area contributed by atoms with Gasteiger partial charge in [0.2, 0.25) is 5.95 Å². The van der Waals surface area contributed by atoms with Crippen molar-refractivity contribution in [2.75, 3.05) is 0 Å². The third kappa shape index (κ3) is 4.95. The number of benzene rings is 6. The summed E-state index contributed by atoms with van der Waals surface area (Å²) >= 11 is 0. The summed E-state index contributed by atoms with van der Waals surface area (Å²) in [5, 5.41) is 14.8. The van der Waals surface area contributed by atoms with E-state index >= 15 is 0 Å². The van der Waals surface area contributed by atoms with Crippen molar-refractivity contribution >= 4 is 43.6 Å². The van der Waals surface area contributed by atoms with Gasteiger partial charge in [0, 0.05) is 43.8 Å². The van der Waals surface area contributed by atoms with E-state index in [1.807, 2.05) is 91.0 Å². The quantitative estimate of drug-likeness (QED) is 0.184. The molecule has 4 heterocycles. The van der Waals surface area contributed by atoms with Crippen LogP contribution in [0.5, 0.6) is 5.75 Å². The number of fused-ring (bicyclic) bond motifs is 6. The van der Waals surface area contributed by atoms with E-state index in [1.165, 1.54) is 0 Å². The van der Waals surface area contributed by atoms with Gasteiger partial charge in [0.25, 0.3) is 0 Å². The van der Waals surface area contributed by atoms with Gasteiger partial charge in [-0.3, -0.25) is 4.57 Å². The second-order valence-electron chi connectivity index (χ2n) is 12.7. The fraction of sp³-hybridized carbons (Fsp3) is 0. The van der Waals surface area contributed by atoms with E-state index in [9.17, 15) is 5.11 Å². The van der Waals surface area contributed by atoms with Gasteiger partial charge < -0.3 is 5.11 Å². The number of aromatic hydroxyl groups is 1. The van der Waals surface area contributed by atoms with Gasteiger partial charge in [0.05, 0.1) is 33.5 Å². The molecule has 1 N–H and O–H groups in total. The summed E-state index contributed by atoms with van der Waals surface area (Å²) in [6.45, 7) is 0. The van der Waals surface area contributed by atoms with E-state index in [1.54, 1.807) is 6.07 Å². The SMILES string of the molecule is Oc1ccccc1-c1ccc2ccc3ccc(-c4cccc(-c5nc(-c6ccccc6)nc(-n6c7ccccc7c7ccccc76)n5)c4)nc3c2n1. The van der Waals surface area contributed by atoms with Gasteiger partial charge in [0.1, 0.15) is 5.75 Å². The minimum absolute atomic E-state index is 0.190. The molecule has 10 aromatic rings. The van der Waals surface area contributed by atoms with Crippen LogP contribution in [0.2, 0.25) is 0 Å². The van der Waals surface area contributed by atoms with Crippen LogP contribution in [-0.4, -0.2) is 34.6 Å². The third-order valence-electron chi connectivity index (χ3n) is 9.55. The van der Waals surface area contributed by atoms with Gasteiger partial charge in [0.15, 0.2) is 11.6 Å². The van der Waals surface area contributed by atoms with Gasteiger partial charge in [-0.05, 0) is 42.5 Å². The predicted molar refractivity (Wildman–Crippen MR) is 208 cm³/mol. The first kappa shape index (κ1) is 29.6. The molecule has 0 saturated carbocycles. The molecule has 0 spiro atoms. The average molecular weight is 669 g/mol. The molecule has 0 fully saturated rings. The summed E-state index contributed by atoms with van der Waals surface area (Å²) in [5.74, 6) is 1.89. The van der Waals surface area contributed by atoms with Crippen LogP contribution in [0.3, 0.4) is 0 Å². The first-order chi connectivity index (χ1) is 25.7. The topological polar surface area (TPSA) is 89.6 Å². The van der Waals surface area contributed by atoms with Crippen molar-refractivity contribution < 1.29 is 5.11 Å². The van der Waals surface area contributed by atoms with E-state index in [0.717, 1.165) is 66.0 Å². The van der Waals surface area contributed by atoms with E-state index in [4.69, 9.17) is 24.9 Å². The molecule has 0 aliphatic rings. The zero-order chi connectivity index (χ0) is 34.6. The van der Waals surface area contributed by atoms with Crippen molar-refractivity contribution in [2.45, 2.75) is 0 Å². The average Bonchev–Trinajstić information content (AvgIpc) is 3.55. The summed E-state index contributed by atoms with van der Waals surface area (Å²) in [6, 6.07) is 54.4. The molecule has 0 aliphatic carbocycles. The van der Waals surface area contributed by atoms with Crippen LogP contribution in [0, 0.1) is 0 Å². The molecule has 244 valence electrons. The van der Waals surface area contributed by atoms with Crippen LogP contribution in [0.15, 0.2) is 164 Å². The Hall–Kier alpha value is -7.25. The maximum Gasteiger partial charge on any atom is 0.238 e. The van der Waals surface area contributed by atoms with Gasteiger partial charge in [-0.25, -0.2) is 15.0 Å². The first-order valence-electron chi connectivity index (χ1n) is 17.1. The highest BCUT2D eigenvalue weighted by atomic mass is 16.3. The van der Waals surface area contributed by atoms with Gasteiger partial charge in [-0.15, -0.1) is 0 Å². The number of hydrogen-bond donors (Lipinski definition) is 1. The highest BCUT2D eigenvalue weighted by Gasteiger charge is 2.18. The molecule has 0 aliphatic heterocycles. The second kappa shape index (κ2) is 12.0. The number of rotatable bonds is 5. The number of aromatic nitrogens is 6. The highest BCUT2D eigenvalue weighted by Crippen LogP contribution is 2.34. The number of pyridine rings is 2. The van der Waals surface area contributed by atoms with E-state index < -0.39 is 0 Å². The van der Waals surface area contributed by atoms with Crippen LogP contribution >= 0.6 is 0 Å². The maximum absolute atomic E-state index is 10.5. The minimum Gasteiger partial charge on any atom is -0.507 e. The van der Waals surface area contributed by atoms with E-state index in [-0.39, 0.29) is 5.75 Å². The number of phenolic OH excluding ortho intramolecular Hbond substituents is 1. The minimum atomic E-state index is 0.190. The van der Waals surface area contributed by atoms with E-state index in [2.05, 4.69) is 71.3 Å². The fourth-order valence-corrected chi connectivity index (χ4v) is 7.03. The molecular weight excluding hydrogens is 641 g/mol. The molecule has 0 atom stereocenters. The molecule has 0 saturated heterocycles. The Bertz CT molecular complexity index is 2940. The summed E-state index contributed by atoms with van der Waals surface area (Å²) in [5.41, 5.74) is 8.47. The molecular formula is C45H28N6O. The molecule has 7 nitrogen and oxygen atoms in total. The van der Waals surface area contributed by atoms with Gasteiger partial charge >= 0.3 is 0 Å². The van der Waals surface area contributed by atoms with Crippen molar-refractivity contribution in [1.29, 1.82) is 0 Å². The summed E-state index contributed by atoms with van der Waals surface area (Å²) in [6.07, 6.45) is 0. The van der Waals surface area contributed by atoms with Crippen LogP contribution in [0.25, 0.3) is 94.9 Å². The Labute approximate surface area is 298 Å². The van der Waals surface area contributed by atoms with Crippen molar-refractivity contribution in [1.82, 2.24) is 29.5 Å². The predicted octanol–water partition coefficient (Wildman–Crippen LogP) is 10.4. The lowest BCUT2D eigenvalue weighted by Crippen LogP contribution is -2.06. The molecule has 4 aromatic heterocycles.